The molecule has 0 amide bonds. The smallest absolute Gasteiger partial charge is 0.214 e. The lowest BCUT2D eigenvalue weighted by Crippen LogP contribution is -2.33. The van der Waals surface area contributed by atoms with Crippen LogP contribution in [-0.2, 0) is 11.3 Å². The number of fused-ring (bicyclic) bond motifs is 1. The lowest BCUT2D eigenvalue weighted by atomic mass is 9.98. The second-order valence-electron chi connectivity index (χ2n) is 5.31. The van der Waals surface area contributed by atoms with Gasteiger partial charge in [-0.1, -0.05) is 0 Å². The molecule has 21 heavy (non-hydrogen) atoms. The van der Waals surface area contributed by atoms with E-state index in [2.05, 4.69) is 20.9 Å². The molecule has 1 fully saturated rings. The van der Waals surface area contributed by atoms with Crippen molar-refractivity contribution in [2.75, 3.05) is 31.5 Å². The molecule has 116 valence electrons. The molecule has 7 heteroatoms. The van der Waals surface area contributed by atoms with E-state index >= 15 is 0 Å². The maximum atomic E-state index is 11.4. The molecule has 0 bridgehead atoms. The van der Waals surface area contributed by atoms with E-state index in [4.69, 9.17) is 0 Å². The Morgan fingerprint density at radius 1 is 1.33 bits per heavy atom. The monoisotopic (exact) mass is 328 g/mol. The van der Waals surface area contributed by atoms with Crippen molar-refractivity contribution < 1.29 is 4.79 Å². The van der Waals surface area contributed by atoms with Crippen molar-refractivity contribution in [1.82, 2.24) is 15.6 Å². The highest BCUT2D eigenvalue weighted by Gasteiger charge is 2.17. The number of carbonyl (C=O) groups is 1. The normalized spacial score (nSPS) is 18.6. The Labute approximate surface area is 135 Å². The summed E-state index contributed by atoms with van der Waals surface area (Å²) in [7, 11) is 0. The fourth-order valence-corrected chi connectivity index (χ4v) is 3.36. The van der Waals surface area contributed by atoms with Crippen LogP contribution in [0.2, 0.25) is 0 Å². The first-order chi connectivity index (χ1) is 9.81. The van der Waals surface area contributed by atoms with Gasteiger partial charge in [-0.25, -0.2) is 4.98 Å². The van der Waals surface area contributed by atoms with Crippen LogP contribution in [0.5, 0.6) is 0 Å². The molecule has 2 aliphatic heterocycles. The fourth-order valence-electron chi connectivity index (χ4n) is 2.59. The van der Waals surface area contributed by atoms with Crippen LogP contribution in [0.15, 0.2) is 17.2 Å². The Bertz CT molecular complexity index is 494. The average Bonchev–Trinajstić information content (AvgIpc) is 2.48. The summed E-state index contributed by atoms with van der Waals surface area (Å²) in [5, 5.41) is 10.9. The van der Waals surface area contributed by atoms with Gasteiger partial charge in [-0.05, 0) is 62.3 Å². The molecule has 0 aliphatic carbocycles. The van der Waals surface area contributed by atoms with Gasteiger partial charge >= 0.3 is 0 Å². The summed E-state index contributed by atoms with van der Waals surface area (Å²) in [5.41, 5.74) is 1.97. The molecule has 2 aliphatic rings. The lowest BCUT2D eigenvalue weighted by molar-refractivity contribution is -0.109. The molecule has 1 aromatic heterocycles. The number of nitrogens with zero attached hydrogens (tertiary/aromatic N) is 1. The highest BCUT2D eigenvalue weighted by molar-refractivity contribution is 8.13. The van der Waals surface area contributed by atoms with Crippen molar-refractivity contribution in [1.29, 1.82) is 0 Å². The van der Waals surface area contributed by atoms with Gasteiger partial charge in [-0.3, -0.25) is 4.79 Å². The van der Waals surface area contributed by atoms with Gasteiger partial charge in [0, 0.05) is 6.54 Å². The molecule has 3 N–H and O–H groups in total. The van der Waals surface area contributed by atoms with Gasteiger partial charge in [0.05, 0.1) is 17.9 Å². The quantitative estimate of drug-likeness (QED) is 0.781. The third-order valence-corrected chi connectivity index (χ3v) is 4.63. The van der Waals surface area contributed by atoms with Crippen LogP contribution in [0, 0.1) is 5.92 Å². The molecule has 1 aromatic rings. The Hall–Kier alpha value is -0.820. The van der Waals surface area contributed by atoms with Crippen LogP contribution in [0.3, 0.4) is 0 Å². The number of aromatic nitrogens is 1. The Morgan fingerprint density at radius 3 is 2.95 bits per heavy atom. The summed E-state index contributed by atoms with van der Waals surface area (Å²) in [6.07, 6.45) is 2.50. The predicted molar refractivity (Wildman–Crippen MR) is 88.1 cm³/mol. The number of piperidine rings is 1. The summed E-state index contributed by atoms with van der Waals surface area (Å²) in [6.45, 7) is 4.48. The number of halogens is 1. The van der Waals surface area contributed by atoms with Crippen molar-refractivity contribution >= 4 is 35.0 Å². The van der Waals surface area contributed by atoms with E-state index in [0.717, 1.165) is 48.5 Å². The zero-order valence-corrected chi connectivity index (χ0v) is 13.5. The van der Waals surface area contributed by atoms with Gasteiger partial charge in [0.25, 0.3) is 0 Å². The minimum atomic E-state index is 0. The molecule has 0 spiro atoms. The van der Waals surface area contributed by atoms with Crippen LogP contribution < -0.4 is 16.0 Å². The predicted octanol–water partition coefficient (Wildman–Crippen LogP) is 1.64. The van der Waals surface area contributed by atoms with Crippen LogP contribution in [0.25, 0.3) is 0 Å². The van der Waals surface area contributed by atoms with E-state index < -0.39 is 0 Å². The second kappa shape index (κ2) is 7.98. The molecule has 0 unspecified atom stereocenters. The highest BCUT2D eigenvalue weighted by Crippen LogP contribution is 2.29. The Kier molecular flexibility index (Phi) is 6.29. The molecule has 0 atom stereocenters. The summed E-state index contributed by atoms with van der Waals surface area (Å²) in [4.78, 5) is 15.9. The van der Waals surface area contributed by atoms with E-state index in [1.165, 1.54) is 24.6 Å². The topological polar surface area (TPSA) is 66.1 Å². The maximum absolute atomic E-state index is 11.4. The number of pyridine rings is 1. The van der Waals surface area contributed by atoms with Crippen molar-refractivity contribution in [3.05, 3.63) is 17.8 Å². The first-order valence-electron chi connectivity index (χ1n) is 7.17. The maximum Gasteiger partial charge on any atom is 0.214 e. The van der Waals surface area contributed by atoms with E-state index in [-0.39, 0.29) is 17.5 Å². The standard InChI is InChI=1S/C14H20N4OS.ClH/c19-13-9-17-12-2-1-11(18-14(12)20-13)8-16-7-10-3-5-15-6-4-10;/h1-2,10,15-17H,3-9H2;1H. The summed E-state index contributed by atoms with van der Waals surface area (Å²) in [5.74, 6) is 0.770. The third-order valence-electron chi connectivity index (χ3n) is 3.75. The van der Waals surface area contributed by atoms with Crippen LogP contribution >= 0.6 is 24.2 Å². The molecule has 1 saturated heterocycles. The van der Waals surface area contributed by atoms with Crippen molar-refractivity contribution in [2.45, 2.75) is 24.4 Å². The minimum Gasteiger partial charge on any atom is -0.375 e. The molecule has 0 saturated carbocycles. The van der Waals surface area contributed by atoms with Crippen LogP contribution in [0.1, 0.15) is 18.5 Å². The Balaban J connectivity index is 0.00000161. The second-order valence-corrected chi connectivity index (χ2v) is 6.35. The zero-order valence-electron chi connectivity index (χ0n) is 11.9. The molecule has 3 heterocycles. The van der Waals surface area contributed by atoms with Crippen molar-refractivity contribution in [3.63, 3.8) is 0 Å². The summed E-state index contributed by atoms with van der Waals surface area (Å²) >= 11 is 1.24. The van der Waals surface area contributed by atoms with Gasteiger partial charge in [-0.2, -0.15) is 0 Å². The average molecular weight is 329 g/mol. The lowest BCUT2D eigenvalue weighted by Gasteiger charge is -2.23. The summed E-state index contributed by atoms with van der Waals surface area (Å²) < 4.78 is 0. The number of thioether (sulfide) groups is 1. The Morgan fingerprint density at radius 2 is 2.14 bits per heavy atom. The van der Waals surface area contributed by atoms with E-state index in [1.807, 2.05) is 12.1 Å². The first-order valence-corrected chi connectivity index (χ1v) is 7.99. The van der Waals surface area contributed by atoms with Gasteiger partial charge in [0.2, 0.25) is 5.12 Å². The number of rotatable bonds is 4. The first kappa shape index (κ1) is 16.5. The number of carbonyl (C=O) groups excluding carboxylic acids is 1. The number of anilines is 1. The van der Waals surface area contributed by atoms with Crippen LogP contribution in [-0.4, -0.2) is 36.3 Å². The SMILES string of the molecule is Cl.O=C1CNc2ccc(CNCC3CCNCC3)nc2S1. The van der Waals surface area contributed by atoms with Gasteiger partial charge in [0.1, 0.15) is 5.03 Å². The molecule has 5 nitrogen and oxygen atoms in total. The van der Waals surface area contributed by atoms with E-state index in [9.17, 15) is 4.79 Å². The zero-order chi connectivity index (χ0) is 13.8. The van der Waals surface area contributed by atoms with Crippen LogP contribution in [0.4, 0.5) is 5.69 Å². The van der Waals surface area contributed by atoms with E-state index in [0.29, 0.717) is 6.54 Å². The fraction of sp³-hybridized carbons (Fsp3) is 0.571. The molecule has 0 aromatic carbocycles. The largest absolute Gasteiger partial charge is 0.375 e. The van der Waals surface area contributed by atoms with Gasteiger partial charge < -0.3 is 16.0 Å². The van der Waals surface area contributed by atoms with E-state index in [1.54, 1.807) is 0 Å². The van der Waals surface area contributed by atoms with Gasteiger partial charge in [0.15, 0.2) is 0 Å². The minimum absolute atomic E-state index is 0. The number of hydrogen-bond donors (Lipinski definition) is 3. The van der Waals surface area contributed by atoms with Gasteiger partial charge in [-0.15, -0.1) is 12.4 Å². The molecule has 3 rings (SSSR count). The van der Waals surface area contributed by atoms with Crippen molar-refractivity contribution in [2.24, 2.45) is 5.92 Å². The number of nitrogens with one attached hydrogen (secondary N) is 3. The molecular weight excluding hydrogens is 308 g/mol. The number of hydrogen-bond acceptors (Lipinski definition) is 6. The molecular formula is C14H21ClN4OS. The highest BCUT2D eigenvalue weighted by atomic mass is 35.5. The third kappa shape index (κ3) is 4.57. The van der Waals surface area contributed by atoms with Crippen molar-refractivity contribution in [3.8, 4) is 0 Å². The summed E-state index contributed by atoms with van der Waals surface area (Å²) in [6, 6.07) is 4.04. The molecule has 0 radical (unpaired) electrons.